The summed E-state index contributed by atoms with van der Waals surface area (Å²) in [7, 11) is 0. The van der Waals surface area contributed by atoms with Crippen LogP contribution in [-0.2, 0) is 6.42 Å². The van der Waals surface area contributed by atoms with Gasteiger partial charge in [-0.1, -0.05) is 37.3 Å². The lowest BCUT2D eigenvalue weighted by Gasteiger charge is -2.22. The van der Waals surface area contributed by atoms with Gasteiger partial charge < -0.3 is 0 Å². The van der Waals surface area contributed by atoms with E-state index in [1.165, 1.54) is 28.7 Å². The second-order valence-corrected chi connectivity index (χ2v) is 6.46. The fourth-order valence-corrected chi connectivity index (χ4v) is 3.80. The van der Waals surface area contributed by atoms with E-state index in [4.69, 9.17) is 0 Å². The Morgan fingerprint density at radius 2 is 1.55 bits per heavy atom. The largest absolute Gasteiger partial charge is 0.0620 e. The lowest BCUT2D eigenvalue weighted by molar-refractivity contribution is 0.621. The van der Waals surface area contributed by atoms with Crippen LogP contribution in [0.3, 0.4) is 0 Å². The number of fused-ring (bicyclic) bond motifs is 1. The highest BCUT2D eigenvalue weighted by atomic mass is 14.3. The first kappa shape index (κ1) is 13.4. The van der Waals surface area contributed by atoms with Crippen molar-refractivity contribution in [3.8, 4) is 0 Å². The number of benzene rings is 2. The Morgan fingerprint density at radius 1 is 0.850 bits per heavy atom. The average molecular weight is 264 g/mol. The minimum absolute atomic E-state index is 0.631. The van der Waals surface area contributed by atoms with Crippen molar-refractivity contribution < 1.29 is 0 Å². The Labute approximate surface area is 122 Å². The number of rotatable bonds is 1. The fraction of sp³-hybridized carbons (Fsp3) is 0.400. The quantitative estimate of drug-likeness (QED) is 0.650. The minimum atomic E-state index is 0.631. The highest BCUT2D eigenvalue weighted by Gasteiger charge is 2.31. The molecule has 0 N–H and O–H groups in total. The normalized spacial score (nSPS) is 21.1. The van der Waals surface area contributed by atoms with E-state index in [9.17, 15) is 0 Å². The van der Waals surface area contributed by atoms with Crippen LogP contribution in [0.5, 0.6) is 0 Å². The molecular weight excluding hydrogens is 240 g/mol. The highest BCUT2D eigenvalue weighted by Crippen LogP contribution is 2.45. The molecule has 0 heteroatoms. The second kappa shape index (κ2) is 4.77. The molecule has 0 fully saturated rings. The van der Waals surface area contributed by atoms with E-state index < -0.39 is 0 Å². The topological polar surface area (TPSA) is 0 Å². The molecule has 0 saturated carbocycles. The third-order valence-electron chi connectivity index (χ3n) is 5.51. The predicted octanol–water partition coefficient (Wildman–Crippen LogP) is 5.36. The van der Waals surface area contributed by atoms with E-state index in [1.807, 2.05) is 0 Å². The summed E-state index contributed by atoms with van der Waals surface area (Å²) in [4.78, 5) is 0. The minimum Gasteiger partial charge on any atom is -0.0620 e. The molecular formula is C20H24. The summed E-state index contributed by atoms with van der Waals surface area (Å²) in [5, 5.41) is 0. The van der Waals surface area contributed by atoms with Crippen molar-refractivity contribution >= 4 is 0 Å². The van der Waals surface area contributed by atoms with Gasteiger partial charge in [0.05, 0.1) is 0 Å². The van der Waals surface area contributed by atoms with Crippen LogP contribution in [0.1, 0.15) is 57.7 Å². The molecule has 20 heavy (non-hydrogen) atoms. The van der Waals surface area contributed by atoms with E-state index >= 15 is 0 Å². The summed E-state index contributed by atoms with van der Waals surface area (Å²) in [5.74, 6) is 1.27. The van der Waals surface area contributed by atoms with Crippen LogP contribution in [0.25, 0.3) is 0 Å². The van der Waals surface area contributed by atoms with Gasteiger partial charge in [-0.05, 0) is 84.9 Å². The van der Waals surface area contributed by atoms with Crippen LogP contribution < -0.4 is 0 Å². The molecule has 2 atom stereocenters. The lowest BCUT2D eigenvalue weighted by atomic mass is 9.82. The van der Waals surface area contributed by atoms with Gasteiger partial charge in [-0.2, -0.15) is 0 Å². The monoisotopic (exact) mass is 264 g/mol. The van der Waals surface area contributed by atoms with Gasteiger partial charge in [0.2, 0.25) is 0 Å². The predicted molar refractivity (Wildman–Crippen MR) is 86.7 cm³/mol. The molecule has 0 aliphatic heterocycles. The zero-order valence-corrected chi connectivity index (χ0v) is 13.2. The van der Waals surface area contributed by atoms with E-state index in [-0.39, 0.29) is 0 Å². The van der Waals surface area contributed by atoms with Crippen LogP contribution in [0.4, 0.5) is 0 Å². The number of aryl methyl sites for hydroxylation is 1. The molecule has 3 rings (SSSR count). The van der Waals surface area contributed by atoms with Gasteiger partial charge >= 0.3 is 0 Å². The van der Waals surface area contributed by atoms with Gasteiger partial charge in [0, 0.05) is 0 Å². The third-order valence-corrected chi connectivity index (χ3v) is 5.51. The summed E-state index contributed by atoms with van der Waals surface area (Å²) in [5.41, 5.74) is 10.5. The standard InChI is InChI=1S/C20H24/c1-12-10-19(15(4)14(3)13(12)2)20-11-17-8-6-7-9-18(17)16(20)5/h6-10,16,20H,11H2,1-5H3. The van der Waals surface area contributed by atoms with Gasteiger partial charge in [0.25, 0.3) is 0 Å². The maximum absolute atomic E-state index is 2.44. The van der Waals surface area contributed by atoms with Crippen LogP contribution in [0.2, 0.25) is 0 Å². The Balaban J connectivity index is 2.09. The third kappa shape index (κ3) is 1.90. The Hall–Kier alpha value is -1.56. The Morgan fingerprint density at radius 3 is 2.25 bits per heavy atom. The first-order valence-electron chi connectivity index (χ1n) is 7.65. The molecule has 0 heterocycles. The molecule has 1 aliphatic rings. The Kier molecular flexibility index (Phi) is 3.20. The summed E-state index contributed by atoms with van der Waals surface area (Å²) in [6.07, 6.45) is 1.19. The van der Waals surface area contributed by atoms with Crippen molar-refractivity contribution in [2.45, 2.75) is 52.9 Å². The van der Waals surface area contributed by atoms with Crippen LogP contribution in [0.15, 0.2) is 30.3 Å². The van der Waals surface area contributed by atoms with Crippen molar-refractivity contribution in [3.63, 3.8) is 0 Å². The maximum atomic E-state index is 2.44. The molecule has 104 valence electrons. The van der Waals surface area contributed by atoms with Crippen LogP contribution >= 0.6 is 0 Å². The van der Waals surface area contributed by atoms with Crippen LogP contribution in [0, 0.1) is 27.7 Å². The summed E-state index contributed by atoms with van der Waals surface area (Å²) < 4.78 is 0. The molecule has 2 aromatic carbocycles. The molecule has 0 bridgehead atoms. The van der Waals surface area contributed by atoms with Gasteiger partial charge in [0.15, 0.2) is 0 Å². The van der Waals surface area contributed by atoms with Crippen molar-refractivity contribution in [2.75, 3.05) is 0 Å². The van der Waals surface area contributed by atoms with E-state index in [0.717, 1.165) is 0 Å². The number of hydrogen-bond acceptors (Lipinski definition) is 0. The summed E-state index contributed by atoms with van der Waals surface area (Å²) in [6, 6.07) is 11.4. The lowest BCUT2D eigenvalue weighted by Crippen LogP contribution is -2.07. The molecule has 0 radical (unpaired) electrons. The van der Waals surface area contributed by atoms with Crippen molar-refractivity contribution in [2.24, 2.45) is 0 Å². The van der Waals surface area contributed by atoms with Gasteiger partial charge in [-0.25, -0.2) is 0 Å². The zero-order valence-electron chi connectivity index (χ0n) is 13.2. The molecule has 0 amide bonds. The second-order valence-electron chi connectivity index (χ2n) is 6.46. The van der Waals surface area contributed by atoms with E-state index in [0.29, 0.717) is 11.8 Å². The van der Waals surface area contributed by atoms with Gasteiger partial charge in [0.1, 0.15) is 0 Å². The van der Waals surface area contributed by atoms with E-state index in [2.05, 4.69) is 65.0 Å². The SMILES string of the molecule is Cc1cc(C2Cc3ccccc3C2C)c(C)c(C)c1C. The van der Waals surface area contributed by atoms with Crippen molar-refractivity contribution in [1.82, 2.24) is 0 Å². The molecule has 1 aliphatic carbocycles. The number of hydrogen-bond donors (Lipinski definition) is 0. The molecule has 0 saturated heterocycles. The van der Waals surface area contributed by atoms with Gasteiger partial charge in [-0.15, -0.1) is 0 Å². The van der Waals surface area contributed by atoms with Crippen molar-refractivity contribution in [1.29, 1.82) is 0 Å². The Bertz CT molecular complexity index is 664. The molecule has 0 aromatic heterocycles. The molecule has 2 aromatic rings. The smallest absolute Gasteiger partial charge is 0.00523 e. The fourth-order valence-electron chi connectivity index (χ4n) is 3.80. The maximum Gasteiger partial charge on any atom is -0.00523 e. The zero-order chi connectivity index (χ0) is 14.4. The van der Waals surface area contributed by atoms with Gasteiger partial charge in [-0.3, -0.25) is 0 Å². The highest BCUT2D eigenvalue weighted by molar-refractivity contribution is 5.49. The first-order chi connectivity index (χ1) is 9.50. The van der Waals surface area contributed by atoms with Crippen molar-refractivity contribution in [3.05, 3.63) is 69.3 Å². The summed E-state index contributed by atoms with van der Waals surface area (Å²) >= 11 is 0. The molecule has 0 nitrogen and oxygen atoms in total. The van der Waals surface area contributed by atoms with E-state index in [1.54, 1.807) is 16.7 Å². The average Bonchev–Trinajstić information content (AvgIpc) is 2.78. The molecule has 0 spiro atoms. The van der Waals surface area contributed by atoms with Crippen LogP contribution in [-0.4, -0.2) is 0 Å². The molecule has 2 unspecified atom stereocenters. The first-order valence-corrected chi connectivity index (χ1v) is 7.65. The summed E-state index contributed by atoms with van der Waals surface area (Å²) in [6.45, 7) is 11.5.